The van der Waals surface area contributed by atoms with Crippen LogP contribution in [0.2, 0.25) is 0 Å². The summed E-state index contributed by atoms with van der Waals surface area (Å²) in [5.74, 6) is 0.242. The lowest BCUT2D eigenvalue weighted by molar-refractivity contribution is -0.121. The van der Waals surface area contributed by atoms with Gasteiger partial charge in [0.2, 0.25) is 5.91 Å². The normalized spacial score (nSPS) is 22.7. The second kappa shape index (κ2) is 5.33. The number of amides is 1. The van der Waals surface area contributed by atoms with Crippen molar-refractivity contribution in [2.24, 2.45) is 0 Å². The maximum absolute atomic E-state index is 12.5. The van der Waals surface area contributed by atoms with E-state index in [-0.39, 0.29) is 11.9 Å². The average molecular weight is 258 g/mol. The van der Waals surface area contributed by atoms with Crippen LogP contribution in [0.25, 0.3) is 0 Å². The molecule has 1 aliphatic heterocycles. The summed E-state index contributed by atoms with van der Waals surface area (Å²) >= 11 is 0. The van der Waals surface area contributed by atoms with Gasteiger partial charge in [-0.3, -0.25) is 4.79 Å². The predicted molar refractivity (Wildman–Crippen MR) is 77.5 cm³/mol. The predicted octanol–water partition coefficient (Wildman–Crippen LogP) is 2.28. The second-order valence-corrected chi connectivity index (χ2v) is 5.55. The van der Waals surface area contributed by atoms with Crippen LogP contribution in [0.1, 0.15) is 37.3 Å². The van der Waals surface area contributed by atoms with Gasteiger partial charge in [0, 0.05) is 12.2 Å². The summed E-state index contributed by atoms with van der Waals surface area (Å²) in [5, 5.41) is 3.30. The lowest BCUT2D eigenvalue weighted by Gasteiger charge is -2.33. The van der Waals surface area contributed by atoms with E-state index in [9.17, 15) is 4.79 Å². The van der Waals surface area contributed by atoms with Gasteiger partial charge in [-0.15, -0.1) is 0 Å². The van der Waals surface area contributed by atoms with E-state index in [1.807, 2.05) is 4.90 Å². The molecule has 1 aliphatic carbocycles. The third-order valence-corrected chi connectivity index (χ3v) is 4.28. The van der Waals surface area contributed by atoms with Crippen LogP contribution in [-0.4, -0.2) is 25.0 Å². The van der Waals surface area contributed by atoms with Crippen LogP contribution in [0.4, 0.5) is 5.69 Å². The van der Waals surface area contributed by atoms with Crippen molar-refractivity contribution in [3.8, 4) is 0 Å². The Balaban J connectivity index is 1.83. The van der Waals surface area contributed by atoms with E-state index in [0.29, 0.717) is 0 Å². The maximum atomic E-state index is 12.5. The van der Waals surface area contributed by atoms with Gasteiger partial charge in [-0.2, -0.15) is 0 Å². The lowest BCUT2D eigenvalue weighted by Crippen LogP contribution is -2.50. The van der Waals surface area contributed by atoms with Gasteiger partial charge < -0.3 is 10.2 Å². The Morgan fingerprint density at radius 3 is 2.95 bits per heavy atom. The van der Waals surface area contributed by atoms with Crippen molar-refractivity contribution in [2.45, 2.75) is 45.1 Å². The molecule has 19 heavy (non-hydrogen) atoms. The molecular formula is C16H22N2O. The van der Waals surface area contributed by atoms with Crippen molar-refractivity contribution < 1.29 is 4.79 Å². The molecule has 3 heteroatoms. The van der Waals surface area contributed by atoms with Crippen LogP contribution in [0.15, 0.2) is 18.2 Å². The highest BCUT2D eigenvalue weighted by molar-refractivity contribution is 5.98. The van der Waals surface area contributed by atoms with Gasteiger partial charge in [-0.25, -0.2) is 0 Å². The van der Waals surface area contributed by atoms with Crippen molar-refractivity contribution in [3.63, 3.8) is 0 Å². The first-order chi connectivity index (χ1) is 9.29. The van der Waals surface area contributed by atoms with Crippen LogP contribution in [-0.2, 0) is 17.6 Å². The number of benzene rings is 1. The molecule has 0 spiro atoms. The first-order valence-electron chi connectivity index (χ1n) is 7.46. The number of nitrogens with zero attached hydrogens (tertiary/aromatic N) is 1. The largest absolute Gasteiger partial charge is 0.311 e. The average Bonchev–Trinajstić information content (AvgIpc) is 2.88. The summed E-state index contributed by atoms with van der Waals surface area (Å²) in [7, 11) is 0. The molecule has 0 aromatic heterocycles. The fraction of sp³-hybridized carbons (Fsp3) is 0.562. The Morgan fingerprint density at radius 2 is 2.11 bits per heavy atom. The zero-order chi connectivity index (χ0) is 13.2. The third-order valence-electron chi connectivity index (χ3n) is 4.28. The minimum atomic E-state index is 0.00649. The van der Waals surface area contributed by atoms with Gasteiger partial charge in [0.1, 0.15) is 0 Å². The number of anilines is 1. The molecule has 1 amide bonds. The van der Waals surface area contributed by atoms with Gasteiger partial charge >= 0.3 is 0 Å². The smallest absolute Gasteiger partial charge is 0.244 e. The zero-order valence-corrected chi connectivity index (χ0v) is 11.6. The maximum Gasteiger partial charge on any atom is 0.244 e. The minimum Gasteiger partial charge on any atom is -0.311 e. The molecule has 1 saturated heterocycles. The number of carbonyl (C=O) groups excluding carboxylic acids is 1. The molecule has 1 heterocycles. The van der Waals surface area contributed by atoms with Gasteiger partial charge in [-0.05, 0) is 61.9 Å². The first-order valence-corrected chi connectivity index (χ1v) is 7.46. The number of carbonyl (C=O) groups is 1. The number of aryl methyl sites for hydroxylation is 2. The van der Waals surface area contributed by atoms with Gasteiger partial charge in [0.05, 0.1) is 6.04 Å². The van der Waals surface area contributed by atoms with Crippen molar-refractivity contribution in [1.29, 1.82) is 0 Å². The minimum absolute atomic E-state index is 0.00649. The lowest BCUT2D eigenvalue weighted by atomic mass is 10.0. The van der Waals surface area contributed by atoms with E-state index in [4.69, 9.17) is 0 Å². The molecular weight excluding hydrogens is 236 g/mol. The molecule has 1 aromatic rings. The highest BCUT2D eigenvalue weighted by Crippen LogP contribution is 2.28. The third kappa shape index (κ3) is 2.39. The molecule has 3 nitrogen and oxygen atoms in total. The number of nitrogens with one attached hydrogen (secondary N) is 1. The quantitative estimate of drug-likeness (QED) is 0.902. The number of fused-ring (bicyclic) bond motifs is 1. The number of hydrogen-bond acceptors (Lipinski definition) is 2. The Kier molecular flexibility index (Phi) is 3.56. The Morgan fingerprint density at radius 1 is 1.26 bits per heavy atom. The highest BCUT2D eigenvalue weighted by atomic mass is 16.2. The molecule has 2 aliphatic rings. The van der Waals surface area contributed by atoms with Crippen LogP contribution in [0, 0.1) is 0 Å². The van der Waals surface area contributed by atoms with E-state index in [1.54, 1.807) is 0 Å². The summed E-state index contributed by atoms with van der Waals surface area (Å²) in [5.41, 5.74) is 4.00. The van der Waals surface area contributed by atoms with Crippen LogP contribution < -0.4 is 10.2 Å². The molecule has 1 atom stereocenters. The van der Waals surface area contributed by atoms with Crippen molar-refractivity contribution in [1.82, 2.24) is 5.32 Å². The van der Waals surface area contributed by atoms with Gasteiger partial charge in [0.15, 0.2) is 0 Å². The number of likely N-dealkylation sites (N-methyl/N-ethyl adjacent to an activating group) is 1. The van der Waals surface area contributed by atoms with E-state index in [0.717, 1.165) is 31.6 Å². The monoisotopic (exact) mass is 258 g/mol. The molecule has 1 N–H and O–H groups in total. The highest BCUT2D eigenvalue weighted by Gasteiger charge is 2.29. The fourth-order valence-corrected chi connectivity index (χ4v) is 3.29. The number of rotatable bonds is 3. The Bertz CT molecular complexity index is 482. The summed E-state index contributed by atoms with van der Waals surface area (Å²) in [6.07, 6.45) is 5.67. The Labute approximate surface area is 115 Å². The Hall–Kier alpha value is -1.35. The van der Waals surface area contributed by atoms with E-state index >= 15 is 0 Å². The fourth-order valence-electron chi connectivity index (χ4n) is 3.29. The van der Waals surface area contributed by atoms with Gasteiger partial charge in [0.25, 0.3) is 0 Å². The number of hydrogen-bond donors (Lipinski definition) is 1. The van der Waals surface area contributed by atoms with E-state index in [2.05, 4.69) is 30.4 Å². The summed E-state index contributed by atoms with van der Waals surface area (Å²) in [6.45, 7) is 3.77. The molecule has 0 radical (unpaired) electrons. The standard InChI is InChI=1S/C16H22N2O/c1-2-17-15-7-4-10-18(16(15)19)14-9-8-12-5-3-6-13(12)11-14/h8-9,11,15,17H,2-7,10H2,1H3. The van der Waals surface area contributed by atoms with Crippen molar-refractivity contribution >= 4 is 11.6 Å². The SMILES string of the molecule is CCNC1CCCN(c2ccc3c(c2)CCC3)C1=O. The number of piperidine rings is 1. The van der Waals surface area contributed by atoms with Crippen molar-refractivity contribution in [2.75, 3.05) is 18.0 Å². The molecule has 0 bridgehead atoms. The summed E-state index contributed by atoms with van der Waals surface area (Å²) in [4.78, 5) is 14.4. The summed E-state index contributed by atoms with van der Waals surface area (Å²) in [6, 6.07) is 6.57. The molecule has 1 aromatic carbocycles. The van der Waals surface area contributed by atoms with Crippen LogP contribution in [0.3, 0.4) is 0 Å². The van der Waals surface area contributed by atoms with E-state index < -0.39 is 0 Å². The molecule has 0 saturated carbocycles. The molecule has 102 valence electrons. The van der Waals surface area contributed by atoms with Crippen LogP contribution >= 0.6 is 0 Å². The van der Waals surface area contributed by atoms with Gasteiger partial charge in [-0.1, -0.05) is 13.0 Å². The first kappa shape index (κ1) is 12.7. The molecule has 1 unspecified atom stereocenters. The van der Waals surface area contributed by atoms with Crippen molar-refractivity contribution in [3.05, 3.63) is 29.3 Å². The second-order valence-electron chi connectivity index (χ2n) is 5.55. The van der Waals surface area contributed by atoms with E-state index in [1.165, 1.54) is 30.4 Å². The molecule has 1 fully saturated rings. The summed E-state index contributed by atoms with van der Waals surface area (Å²) < 4.78 is 0. The van der Waals surface area contributed by atoms with Crippen LogP contribution in [0.5, 0.6) is 0 Å². The zero-order valence-electron chi connectivity index (χ0n) is 11.6. The topological polar surface area (TPSA) is 32.3 Å². The molecule has 3 rings (SSSR count).